The number of carbonyl (C=O) groups excluding carboxylic acids is 2. The predicted molar refractivity (Wildman–Crippen MR) is 76.5 cm³/mol. The van der Waals surface area contributed by atoms with Crippen LogP contribution >= 0.6 is 0 Å². The molecule has 0 aromatic heterocycles. The lowest BCUT2D eigenvalue weighted by atomic mass is 10.2. The minimum Gasteiger partial charge on any atom is -0.468 e. The predicted octanol–water partition coefficient (Wildman–Crippen LogP) is 0.946. The van der Waals surface area contributed by atoms with Crippen LogP contribution < -0.4 is 11.1 Å². The highest BCUT2D eigenvalue weighted by Crippen LogP contribution is 2.09. The Labute approximate surface area is 117 Å². The monoisotopic (exact) mass is 278 g/mol. The highest BCUT2D eigenvalue weighted by Gasteiger charge is 2.10. The average Bonchev–Trinajstić information content (AvgIpc) is 2.38. The lowest BCUT2D eigenvalue weighted by Gasteiger charge is -2.15. The van der Waals surface area contributed by atoms with E-state index in [-0.39, 0.29) is 12.5 Å². The first-order valence-electron chi connectivity index (χ1n) is 5.92. The summed E-state index contributed by atoms with van der Waals surface area (Å²) in [5, 5.41) is 2.59. The van der Waals surface area contributed by atoms with Gasteiger partial charge in [0.25, 0.3) is 0 Å². The van der Waals surface area contributed by atoms with Crippen LogP contribution in [0.25, 0.3) is 0 Å². The van der Waals surface area contributed by atoms with Crippen LogP contribution in [0, 0.1) is 6.92 Å². The zero-order valence-electron chi connectivity index (χ0n) is 11.7. The minimum atomic E-state index is -0.607. The van der Waals surface area contributed by atoms with Gasteiger partial charge in [0.15, 0.2) is 0 Å². The number of ether oxygens (including phenoxy) is 1. The third-order valence-electron chi connectivity index (χ3n) is 2.47. The zero-order chi connectivity index (χ0) is 15.1. The number of likely N-dealkylation sites (N-methyl/N-ethyl adjacent to an activating group) is 1. The largest absolute Gasteiger partial charge is 0.468 e. The van der Waals surface area contributed by atoms with Gasteiger partial charge in [0, 0.05) is 12.7 Å². The van der Waals surface area contributed by atoms with E-state index in [1.54, 1.807) is 6.07 Å². The molecule has 20 heavy (non-hydrogen) atoms. The lowest BCUT2D eigenvalue weighted by Crippen LogP contribution is -2.39. The van der Waals surface area contributed by atoms with Crippen molar-refractivity contribution in [3.8, 4) is 0 Å². The van der Waals surface area contributed by atoms with Crippen molar-refractivity contribution in [2.45, 2.75) is 6.92 Å². The molecule has 1 rings (SSSR count). The second kappa shape index (κ2) is 7.13. The molecular weight excluding hydrogens is 260 g/mol. The van der Waals surface area contributed by atoms with E-state index in [1.165, 1.54) is 19.1 Å². The van der Waals surface area contributed by atoms with Crippen molar-refractivity contribution in [3.05, 3.63) is 29.8 Å². The van der Waals surface area contributed by atoms with Crippen LogP contribution in [0.2, 0.25) is 0 Å². The van der Waals surface area contributed by atoms with Gasteiger partial charge < -0.3 is 20.7 Å². The van der Waals surface area contributed by atoms with E-state index in [0.29, 0.717) is 5.69 Å². The number of rotatable bonds is 3. The van der Waals surface area contributed by atoms with Gasteiger partial charge in [-0.05, 0) is 24.6 Å². The molecule has 0 bridgehead atoms. The van der Waals surface area contributed by atoms with Gasteiger partial charge in [-0.1, -0.05) is 12.1 Å². The van der Waals surface area contributed by atoms with E-state index in [0.717, 1.165) is 5.56 Å². The number of guanidine groups is 1. The number of esters is 1. The van der Waals surface area contributed by atoms with E-state index in [9.17, 15) is 9.59 Å². The Morgan fingerprint density at radius 2 is 2.15 bits per heavy atom. The molecule has 0 saturated heterocycles. The highest BCUT2D eigenvalue weighted by molar-refractivity contribution is 5.99. The molecule has 0 saturated carbocycles. The van der Waals surface area contributed by atoms with Crippen molar-refractivity contribution in [1.82, 2.24) is 4.90 Å². The van der Waals surface area contributed by atoms with Gasteiger partial charge in [0.1, 0.15) is 6.54 Å². The Balaban J connectivity index is 2.63. The molecule has 1 aromatic carbocycles. The number of nitrogens with one attached hydrogen (secondary N) is 1. The summed E-state index contributed by atoms with van der Waals surface area (Å²) < 4.78 is 4.49. The number of carbonyl (C=O) groups is 2. The van der Waals surface area contributed by atoms with E-state index in [2.05, 4.69) is 15.0 Å². The number of amides is 2. The number of anilines is 1. The fourth-order valence-corrected chi connectivity index (χ4v) is 1.40. The van der Waals surface area contributed by atoms with Crippen LogP contribution in [0.3, 0.4) is 0 Å². The molecule has 0 unspecified atom stereocenters. The smallest absolute Gasteiger partial charge is 0.348 e. The van der Waals surface area contributed by atoms with Gasteiger partial charge in [-0.2, -0.15) is 4.99 Å². The summed E-state index contributed by atoms with van der Waals surface area (Å²) in [6.07, 6.45) is 0. The highest BCUT2D eigenvalue weighted by atomic mass is 16.5. The fourth-order valence-electron chi connectivity index (χ4n) is 1.40. The van der Waals surface area contributed by atoms with Crippen molar-refractivity contribution < 1.29 is 14.3 Å². The number of urea groups is 1. The summed E-state index contributed by atoms with van der Waals surface area (Å²) in [6.45, 7) is 1.83. The summed E-state index contributed by atoms with van der Waals surface area (Å²) in [4.78, 5) is 27.7. The molecule has 2 amide bonds. The Kier molecular flexibility index (Phi) is 5.52. The topological polar surface area (TPSA) is 97.0 Å². The number of methoxy groups -OCH3 is 1. The maximum atomic E-state index is 11.7. The second-order valence-electron chi connectivity index (χ2n) is 4.20. The molecule has 7 nitrogen and oxygen atoms in total. The Hall–Kier alpha value is -2.57. The number of hydrogen-bond donors (Lipinski definition) is 2. The molecule has 0 aliphatic rings. The van der Waals surface area contributed by atoms with E-state index < -0.39 is 12.0 Å². The van der Waals surface area contributed by atoms with Crippen molar-refractivity contribution >= 4 is 23.6 Å². The first-order valence-corrected chi connectivity index (χ1v) is 5.92. The van der Waals surface area contributed by atoms with Crippen molar-refractivity contribution in [2.75, 3.05) is 26.0 Å². The van der Waals surface area contributed by atoms with Crippen molar-refractivity contribution in [2.24, 2.45) is 10.7 Å². The number of nitrogens with two attached hydrogens (primary N) is 1. The molecule has 0 fully saturated rings. The molecular formula is C13H18N4O3. The quantitative estimate of drug-likeness (QED) is 0.487. The van der Waals surface area contributed by atoms with Crippen molar-refractivity contribution in [1.29, 1.82) is 0 Å². The number of nitrogens with zero attached hydrogens (tertiary/aromatic N) is 2. The minimum absolute atomic E-state index is 0.0689. The van der Waals surface area contributed by atoms with Gasteiger partial charge in [0.05, 0.1) is 7.11 Å². The first-order chi connectivity index (χ1) is 9.42. The van der Waals surface area contributed by atoms with E-state index in [1.807, 2.05) is 25.1 Å². The Bertz CT molecular complexity index is 528. The summed E-state index contributed by atoms with van der Waals surface area (Å²) in [5.74, 6) is -0.537. The standard InChI is InChI=1S/C13H18N4O3/c1-9-5-4-6-10(7-9)15-13(19)16-12(14)17(2)8-11(18)20-3/h4-7H,8H2,1-3H3,(H3,14,15,16,19). The number of aryl methyl sites for hydroxylation is 1. The summed E-state index contributed by atoms with van der Waals surface area (Å²) in [5.41, 5.74) is 7.26. The lowest BCUT2D eigenvalue weighted by molar-refractivity contribution is -0.140. The molecule has 0 aliphatic carbocycles. The average molecular weight is 278 g/mol. The third-order valence-corrected chi connectivity index (χ3v) is 2.47. The van der Waals surface area contributed by atoms with E-state index >= 15 is 0 Å². The van der Waals surface area contributed by atoms with E-state index in [4.69, 9.17) is 5.73 Å². The van der Waals surface area contributed by atoms with Crippen LogP contribution in [0.15, 0.2) is 29.3 Å². The molecule has 0 heterocycles. The van der Waals surface area contributed by atoms with Gasteiger partial charge in [-0.25, -0.2) is 4.79 Å². The third kappa shape index (κ3) is 4.97. The van der Waals surface area contributed by atoms with Crippen LogP contribution in [0.4, 0.5) is 10.5 Å². The Morgan fingerprint density at radius 3 is 2.75 bits per heavy atom. The molecule has 0 spiro atoms. The molecule has 7 heteroatoms. The fraction of sp³-hybridized carbons (Fsp3) is 0.308. The maximum absolute atomic E-state index is 11.7. The van der Waals surface area contributed by atoms with Gasteiger partial charge in [-0.3, -0.25) is 4.79 Å². The normalized spacial score (nSPS) is 10.8. The SMILES string of the molecule is COC(=O)CN(C)C(N)=NC(=O)Nc1cccc(C)c1. The molecule has 0 radical (unpaired) electrons. The maximum Gasteiger partial charge on any atom is 0.348 e. The first kappa shape index (κ1) is 15.5. The molecule has 1 aromatic rings. The number of aliphatic imine (C=N–C) groups is 1. The van der Waals surface area contributed by atoms with Crippen LogP contribution in [0.5, 0.6) is 0 Å². The number of benzene rings is 1. The van der Waals surface area contributed by atoms with Crippen LogP contribution in [0.1, 0.15) is 5.56 Å². The molecule has 0 aliphatic heterocycles. The number of hydrogen-bond acceptors (Lipinski definition) is 3. The Morgan fingerprint density at radius 1 is 1.45 bits per heavy atom. The zero-order valence-corrected chi connectivity index (χ0v) is 11.7. The van der Waals surface area contributed by atoms with Crippen LogP contribution in [-0.2, 0) is 9.53 Å². The molecule has 108 valence electrons. The summed E-state index contributed by atoms with van der Waals surface area (Å²) >= 11 is 0. The van der Waals surface area contributed by atoms with Crippen LogP contribution in [-0.4, -0.2) is 43.6 Å². The van der Waals surface area contributed by atoms with Gasteiger partial charge in [-0.15, -0.1) is 0 Å². The molecule has 3 N–H and O–H groups in total. The molecule has 0 atom stereocenters. The summed E-state index contributed by atoms with van der Waals surface area (Å²) in [6, 6.07) is 6.68. The van der Waals surface area contributed by atoms with Crippen molar-refractivity contribution in [3.63, 3.8) is 0 Å². The van der Waals surface area contributed by atoms with Gasteiger partial charge in [0.2, 0.25) is 5.96 Å². The second-order valence-corrected chi connectivity index (χ2v) is 4.20. The summed E-state index contributed by atoms with van der Waals surface area (Å²) in [7, 11) is 2.81. The van der Waals surface area contributed by atoms with Gasteiger partial charge >= 0.3 is 12.0 Å².